The zero-order valence-electron chi connectivity index (χ0n) is 17.9. The van der Waals surface area contributed by atoms with E-state index in [4.69, 9.17) is 14.5 Å². The van der Waals surface area contributed by atoms with Crippen LogP contribution in [0.15, 0.2) is 48.5 Å². The molecule has 8 nitrogen and oxygen atoms in total. The SMILES string of the molecule is COc1ccc(NC(=O)N(Cc2nc3n(n2)CCCCC3)c2ccc(OC)cc2)cc1. The second-order valence-electron chi connectivity index (χ2n) is 7.42. The summed E-state index contributed by atoms with van der Waals surface area (Å²) in [5.41, 5.74) is 1.41. The third-order valence-electron chi connectivity index (χ3n) is 5.33. The van der Waals surface area contributed by atoms with Crippen molar-refractivity contribution in [3.8, 4) is 11.5 Å². The molecule has 0 unspecified atom stereocenters. The second-order valence-corrected chi connectivity index (χ2v) is 7.42. The number of fused-ring (bicyclic) bond motifs is 1. The van der Waals surface area contributed by atoms with Crippen molar-refractivity contribution in [1.82, 2.24) is 14.8 Å². The largest absolute Gasteiger partial charge is 0.497 e. The first kappa shape index (κ1) is 20.7. The molecule has 1 N–H and O–H groups in total. The number of aromatic nitrogens is 3. The summed E-state index contributed by atoms with van der Waals surface area (Å²) in [6.07, 6.45) is 4.35. The minimum Gasteiger partial charge on any atom is -0.497 e. The van der Waals surface area contributed by atoms with Crippen LogP contribution in [0, 0.1) is 0 Å². The molecule has 162 valence electrons. The molecule has 0 spiro atoms. The second kappa shape index (κ2) is 9.51. The molecule has 0 fully saturated rings. The minimum atomic E-state index is -0.264. The molecule has 1 aliphatic heterocycles. The van der Waals surface area contributed by atoms with E-state index in [1.807, 2.05) is 28.9 Å². The Morgan fingerprint density at radius 3 is 2.35 bits per heavy atom. The number of anilines is 2. The Morgan fingerprint density at radius 1 is 1.00 bits per heavy atom. The molecule has 2 amide bonds. The zero-order valence-corrected chi connectivity index (χ0v) is 17.9. The van der Waals surface area contributed by atoms with Gasteiger partial charge in [-0.2, -0.15) is 5.10 Å². The van der Waals surface area contributed by atoms with Gasteiger partial charge in [0.25, 0.3) is 0 Å². The average molecular weight is 422 g/mol. The van der Waals surface area contributed by atoms with Crippen molar-refractivity contribution in [1.29, 1.82) is 0 Å². The lowest BCUT2D eigenvalue weighted by Gasteiger charge is -2.22. The molecule has 31 heavy (non-hydrogen) atoms. The highest BCUT2D eigenvalue weighted by atomic mass is 16.5. The molecule has 4 rings (SSSR count). The molecule has 0 saturated heterocycles. The van der Waals surface area contributed by atoms with E-state index in [1.165, 1.54) is 6.42 Å². The lowest BCUT2D eigenvalue weighted by Crippen LogP contribution is -2.35. The van der Waals surface area contributed by atoms with Gasteiger partial charge >= 0.3 is 6.03 Å². The zero-order chi connectivity index (χ0) is 21.6. The van der Waals surface area contributed by atoms with Crippen molar-refractivity contribution >= 4 is 17.4 Å². The lowest BCUT2D eigenvalue weighted by atomic mass is 10.2. The van der Waals surface area contributed by atoms with Crippen LogP contribution in [0.25, 0.3) is 0 Å². The molecule has 2 aromatic carbocycles. The summed E-state index contributed by atoms with van der Waals surface area (Å²) in [5, 5.41) is 7.61. The highest BCUT2D eigenvalue weighted by Gasteiger charge is 2.21. The summed E-state index contributed by atoms with van der Waals surface area (Å²) in [5.74, 6) is 3.09. The molecule has 0 radical (unpaired) electrons. The van der Waals surface area contributed by atoms with E-state index in [1.54, 1.807) is 43.4 Å². The minimum absolute atomic E-state index is 0.264. The maximum absolute atomic E-state index is 13.2. The van der Waals surface area contributed by atoms with Crippen LogP contribution < -0.4 is 19.7 Å². The molecule has 0 atom stereocenters. The Balaban J connectivity index is 1.58. The lowest BCUT2D eigenvalue weighted by molar-refractivity contribution is 0.256. The van der Waals surface area contributed by atoms with Crippen LogP contribution in [0.2, 0.25) is 0 Å². The number of rotatable bonds is 6. The van der Waals surface area contributed by atoms with Gasteiger partial charge in [0, 0.05) is 24.3 Å². The van der Waals surface area contributed by atoms with E-state index in [9.17, 15) is 4.79 Å². The van der Waals surface area contributed by atoms with Gasteiger partial charge in [-0.15, -0.1) is 0 Å². The fourth-order valence-electron chi connectivity index (χ4n) is 3.63. The summed E-state index contributed by atoms with van der Waals surface area (Å²) in [4.78, 5) is 19.6. The number of nitrogens with one attached hydrogen (secondary N) is 1. The van der Waals surface area contributed by atoms with Gasteiger partial charge in [0.1, 0.15) is 17.3 Å². The number of aryl methyl sites for hydroxylation is 2. The van der Waals surface area contributed by atoms with Gasteiger partial charge in [-0.3, -0.25) is 4.90 Å². The van der Waals surface area contributed by atoms with E-state index in [-0.39, 0.29) is 12.6 Å². The van der Waals surface area contributed by atoms with Gasteiger partial charge in [0.05, 0.1) is 20.8 Å². The van der Waals surface area contributed by atoms with Crippen molar-refractivity contribution in [3.05, 3.63) is 60.2 Å². The molecule has 1 aromatic heterocycles. The fourth-order valence-corrected chi connectivity index (χ4v) is 3.63. The number of urea groups is 1. The first-order chi connectivity index (χ1) is 15.2. The number of benzene rings is 2. The van der Waals surface area contributed by atoms with Gasteiger partial charge in [0.2, 0.25) is 0 Å². The van der Waals surface area contributed by atoms with Crippen molar-refractivity contribution in [2.45, 2.75) is 38.8 Å². The Bertz CT molecular complexity index is 991. The van der Waals surface area contributed by atoms with Crippen LogP contribution in [0.3, 0.4) is 0 Å². The maximum atomic E-state index is 13.2. The van der Waals surface area contributed by atoms with Crippen LogP contribution in [0.5, 0.6) is 11.5 Å². The van der Waals surface area contributed by atoms with Crippen LogP contribution in [-0.2, 0) is 19.5 Å². The number of carbonyl (C=O) groups is 1. The summed E-state index contributed by atoms with van der Waals surface area (Å²) < 4.78 is 12.4. The predicted octanol–water partition coefficient (Wildman–Crippen LogP) is 4.26. The van der Waals surface area contributed by atoms with E-state index >= 15 is 0 Å². The molecule has 8 heteroatoms. The quantitative estimate of drug-likeness (QED) is 0.643. The normalized spacial score (nSPS) is 13.1. The fraction of sp³-hybridized carbons (Fsp3) is 0.348. The Labute approximate surface area is 181 Å². The number of methoxy groups -OCH3 is 2. The Morgan fingerprint density at radius 2 is 1.68 bits per heavy atom. The molecule has 2 heterocycles. The van der Waals surface area contributed by atoms with Crippen LogP contribution in [-0.4, -0.2) is 35.0 Å². The van der Waals surface area contributed by atoms with Crippen molar-refractivity contribution in [2.24, 2.45) is 0 Å². The van der Waals surface area contributed by atoms with Gasteiger partial charge in [-0.25, -0.2) is 14.5 Å². The first-order valence-corrected chi connectivity index (χ1v) is 10.5. The monoisotopic (exact) mass is 421 g/mol. The number of hydrogen-bond acceptors (Lipinski definition) is 5. The van der Waals surface area contributed by atoms with Crippen molar-refractivity contribution < 1.29 is 14.3 Å². The Kier molecular flexibility index (Phi) is 6.35. The van der Waals surface area contributed by atoms with Gasteiger partial charge < -0.3 is 14.8 Å². The number of hydrogen-bond donors (Lipinski definition) is 1. The molecular weight excluding hydrogens is 394 g/mol. The van der Waals surface area contributed by atoms with E-state index in [0.717, 1.165) is 48.8 Å². The van der Waals surface area contributed by atoms with Gasteiger partial charge in [0.15, 0.2) is 5.82 Å². The van der Waals surface area contributed by atoms with Crippen LogP contribution in [0.1, 0.15) is 30.9 Å². The number of nitrogens with zero attached hydrogens (tertiary/aromatic N) is 4. The molecule has 0 bridgehead atoms. The standard InChI is InChI=1S/C23H27N5O3/c1-30-19-11-7-17(8-12-19)24-23(29)27(18-9-13-20(31-2)14-10-18)16-21-25-22-6-4-3-5-15-28(22)26-21/h7-14H,3-6,15-16H2,1-2H3,(H,24,29). The van der Waals surface area contributed by atoms with E-state index in [0.29, 0.717) is 11.5 Å². The van der Waals surface area contributed by atoms with Crippen molar-refractivity contribution in [3.63, 3.8) is 0 Å². The topological polar surface area (TPSA) is 81.5 Å². The number of carbonyl (C=O) groups excluding carboxylic acids is 1. The summed E-state index contributed by atoms with van der Waals surface area (Å²) >= 11 is 0. The van der Waals surface area contributed by atoms with Crippen LogP contribution in [0.4, 0.5) is 16.2 Å². The summed E-state index contributed by atoms with van der Waals surface area (Å²) in [7, 11) is 3.23. The third kappa shape index (κ3) is 4.96. The first-order valence-electron chi connectivity index (χ1n) is 10.5. The summed E-state index contributed by atoms with van der Waals surface area (Å²) in [6.45, 7) is 1.15. The van der Waals surface area contributed by atoms with Gasteiger partial charge in [-0.05, 0) is 61.4 Å². The molecular formula is C23H27N5O3. The molecule has 3 aromatic rings. The van der Waals surface area contributed by atoms with Crippen molar-refractivity contribution in [2.75, 3.05) is 24.4 Å². The Hall–Kier alpha value is -3.55. The predicted molar refractivity (Wildman–Crippen MR) is 119 cm³/mol. The molecule has 0 aliphatic carbocycles. The highest BCUT2D eigenvalue weighted by molar-refractivity contribution is 6.01. The van der Waals surface area contributed by atoms with E-state index in [2.05, 4.69) is 10.4 Å². The smallest absolute Gasteiger partial charge is 0.326 e. The highest BCUT2D eigenvalue weighted by Crippen LogP contribution is 2.23. The molecule has 1 aliphatic rings. The summed E-state index contributed by atoms with van der Waals surface area (Å²) in [6, 6.07) is 14.3. The van der Waals surface area contributed by atoms with Crippen LogP contribution >= 0.6 is 0 Å². The van der Waals surface area contributed by atoms with Gasteiger partial charge in [-0.1, -0.05) is 6.42 Å². The number of ether oxygens (including phenoxy) is 2. The maximum Gasteiger partial charge on any atom is 0.326 e. The van der Waals surface area contributed by atoms with E-state index < -0.39 is 0 Å². The number of amides is 2. The third-order valence-corrected chi connectivity index (χ3v) is 5.33. The molecule has 0 saturated carbocycles. The average Bonchev–Trinajstić information content (AvgIpc) is 3.06.